The molecular formula is C23H24N4O5S. The number of anilines is 3. The minimum Gasteiger partial charge on any atom is -0.383 e. The molecule has 0 spiro atoms. The van der Waals surface area contributed by atoms with Gasteiger partial charge in [0.1, 0.15) is 0 Å². The van der Waals surface area contributed by atoms with Crippen molar-refractivity contribution in [3.05, 3.63) is 84.4 Å². The maximum absolute atomic E-state index is 12.5. The Morgan fingerprint density at radius 1 is 0.758 bits per heavy atom. The zero-order chi connectivity index (χ0) is 23.7. The summed E-state index contributed by atoms with van der Waals surface area (Å²) in [5, 5.41) is 8.15. The van der Waals surface area contributed by atoms with Gasteiger partial charge in [-0.15, -0.1) is 0 Å². The normalized spacial score (nSPS) is 10.9. The van der Waals surface area contributed by atoms with Crippen molar-refractivity contribution in [2.75, 3.05) is 36.2 Å². The maximum Gasteiger partial charge on any atom is 0.323 e. The SMILES string of the molecule is COCCNS(=O)(=O)c1ccc(C(=O)Nc2ccc(NC(=O)Nc3ccccc3)cc2)cc1. The van der Waals surface area contributed by atoms with E-state index in [0.717, 1.165) is 0 Å². The van der Waals surface area contributed by atoms with Gasteiger partial charge >= 0.3 is 6.03 Å². The lowest BCUT2D eigenvalue weighted by Crippen LogP contribution is -2.27. The second-order valence-electron chi connectivity index (χ2n) is 6.89. The van der Waals surface area contributed by atoms with Gasteiger partial charge in [0.2, 0.25) is 10.0 Å². The Hall–Kier alpha value is -3.73. The van der Waals surface area contributed by atoms with Crippen LogP contribution in [0, 0.1) is 0 Å². The molecule has 0 atom stereocenters. The van der Waals surface area contributed by atoms with Crippen LogP contribution in [0.1, 0.15) is 10.4 Å². The summed E-state index contributed by atoms with van der Waals surface area (Å²) in [7, 11) is -2.19. The van der Waals surface area contributed by atoms with E-state index in [-0.39, 0.29) is 24.1 Å². The minimum atomic E-state index is -3.67. The Morgan fingerprint density at radius 2 is 1.30 bits per heavy atom. The summed E-state index contributed by atoms with van der Waals surface area (Å²) in [6.07, 6.45) is 0. The Labute approximate surface area is 192 Å². The van der Waals surface area contributed by atoms with Gasteiger partial charge in [-0.3, -0.25) is 4.79 Å². The van der Waals surface area contributed by atoms with Gasteiger partial charge in [0, 0.05) is 36.3 Å². The van der Waals surface area contributed by atoms with Crippen LogP contribution in [0.4, 0.5) is 21.9 Å². The third kappa shape index (κ3) is 7.14. The van der Waals surface area contributed by atoms with E-state index < -0.39 is 15.9 Å². The number of para-hydroxylation sites is 1. The van der Waals surface area contributed by atoms with Gasteiger partial charge < -0.3 is 20.7 Å². The first-order chi connectivity index (χ1) is 15.9. The fourth-order valence-electron chi connectivity index (χ4n) is 2.80. The number of amides is 3. The predicted molar refractivity (Wildman–Crippen MR) is 127 cm³/mol. The second-order valence-corrected chi connectivity index (χ2v) is 8.66. The standard InChI is InChI=1S/C23H24N4O5S/c1-32-16-15-24-33(30,31)21-13-7-17(8-14-21)22(28)25-19-9-11-20(12-10-19)27-23(29)26-18-5-3-2-4-6-18/h2-14,24H,15-16H2,1H3,(H,25,28)(H2,26,27,29). The summed E-state index contributed by atoms with van der Waals surface area (Å²) in [5.74, 6) is -0.395. The van der Waals surface area contributed by atoms with Gasteiger partial charge in [0.05, 0.1) is 11.5 Å². The van der Waals surface area contributed by atoms with Crippen LogP contribution in [0.2, 0.25) is 0 Å². The highest BCUT2D eigenvalue weighted by atomic mass is 32.2. The summed E-state index contributed by atoms with van der Waals surface area (Å²) in [5.41, 5.74) is 2.04. The van der Waals surface area contributed by atoms with E-state index in [1.807, 2.05) is 18.2 Å². The van der Waals surface area contributed by atoms with Crippen LogP contribution in [0.15, 0.2) is 83.8 Å². The van der Waals surface area contributed by atoms with Gasteiger partial charge in [-0.05, 0) is 60.7 Å². The monoisotopic (exact) mass is 468 g/mol. The van der Waals surface area contributed by atoms with E-state index in [1.54, 1.807) is 36.4 Å². The molecule has 3 amide bonds. The number of benzene rings is 3. The lowest BCUT2D eigenvalue weighted by Gasteiger charge is -2.10. The molecule has 0 aliphatic heterocycles. The molecule has 33 heavy (non-hydrogen) atoms. The first-order valence-electron chi connectivity index (χ1n) is 10.0. The van der Waals surface area contributed by atoms with E-state index >= 15 is 0 Å². The van der Waals surface area contributed by atoms with Crippen LogP contribution in [0.3, 0.4) is 0 Å². The van der Waals surface area contributed by atoms with E-state index in [9.17, 15) is 18.0 Å². The van der Waals surface area contributed by atoms with Crippen LogP contribution in [0.5, 0.6) is 0 Å². The highest BCUT2D eigenvalue weighted by Gasteiger charge is 2.14. The molecule has 0 aliphatic carbocycles. The molecule has 0 saturated heterocycles. The number of carbonyl (C=O) groups excluding carboxylic acids is 2. The average Bonchev–Trinajstić information content (AvgIpc) is 2.81. The van der Waals surface area contributed by atoms with Crippen LogP contribution in [-0.4, -0.2) is 40.6 Å². The fourth-order valence-corrected chi connectivity index (χ4v) is 3.82. The largest absolute Gasteiger partial charge is 0.383 e. The average molecular weight is 469 g/mol. The maximum atomic E-state index is 12.5. The van der Waals surface area contributed by atoms with Crippen molar-refractivity contribution in [1.29, 1.82) is 0 Å². The number of ether oxygens (including phenoxy) is 1. The molecule has 172 valence electrons. The molecule has 3 rings (SSSR count). The van der Waals surface area contributed by atoms with Crippen LogP contribution < -0.4 is 20.7 Å². The van der Waals surface area contributed by atoms with Crippen molar-refractivity contribution < 1.29 is 22.7 Å². The number of carbonyl (C=O) groups is 2. The summed E-state index contributed by atoms with van der Waals surface area (Å²) in [4.78, 5) is 24.6. The number of nitrogens with one attached hydrogen (secondary N) is 4. The van der Waals surface area contributed by atoms with Crippen LogP contribution in [-0.2, 0) is 14.8 Å². The number of hydrogen-bond acceptors (Lipinski definition) is 5. The van der Waals surface area contributed by atoms with Crippen LogP contribution in [0.25, 0.3) is 0 Å². The van der Waals surface area contributed by atoms with Crippen molar-refractivity contribution in [2.45, 2.75) is 4.90 Å². The molecule has 0 saturated carbocycles. The fraction of sp³-hybridized carbons (Fsp3) is 0.130. The van der Waals surface area contributed by atoms with Crippen molar-refractivity contribution in [3.63, 3.8) is 0 Å². The number of sulfonamides is 1. The number of urea groups is 1. The molecule has 9 nitrogen and oxygen atoms in total. The van der Waals surface area contributed by atoms with Crippen molar-refractivity contribution in [3.8, 4) is 0 Å². The van der Waals surface area contributed by atoms with Crippen molar-refractivity contribution in [2.24, 2.45) is 0 Å². The molecule has 0 fully saturated rings. The molecule has 0 radical (unpaired) electrons. The first kappa shape index (κ1) is 23.9. The number of hydrogen-bond donors (Lipinski definition) is 4. The lowest BCUT2D eigenvalue weighted by atomic mass is 10.2. The summed E-state index contributed by atoms with van der Waals surface area (Å²) in [6.45, 7) is 0.408. The Bertz CT molecular complexity index is 1180. The quantitative estimate of drug-likeness (QED) is 0.358. The third-order valence-electron chi connectivity index (χ3n) is 4.46. The predicted octanol–water partition coefficient (Wildman–Crippen LogP) is 3.51. The molecule has 0 bridgehead atoms. The van der Waals surface area contributed by atoms with E-state index in [4.69, 9.17) is 4.74 Å². The summed E-state index contributed by atoms with van der Waals surface area (Å²) in [6, 6.07) is 20.9. The highest BCUT2D eigenvalue weighted by Crippen LogP contribution is 2.16. The smallest absolute Gasteiger partial charge is 0.323 e. The zero-order valence-corrected chi connectivity index (χ0v) is 18.7. The minimum absolute atomic E-state index is 0.0550. The highest BCUT2D eigenvalue weighted by molar-refractivity contribution is 7.89. The van der Waals surface area contributed by atoms with E-state index in [1.165, 1.54) is 31.4 Å². The summed E-state index contributed by atoms with van der Waals surface area (Å²) >= 11 is 0. The Kier molecular flexibility index (Phi) is 8.14. The summed E-state index contributed by atoms with van der Waals surface area (Å²) < 4.78 is 31.6. The molecule has 10 heteroatoms. The van der Waals surface area contributed by atoms with Gasteiger partial charge in [0.25, 0.3) is 5.91 Å². The first-order valence-corrected chi connectivity index (χ1v) is 11.5. The molecule has 3 aromatic rings. The topological polar surface area (TPSA) is 126 Å². The second kappa shape index (κ2) is 11.2. The molecular weight excluding hydrogens is 444 g/mol. The molecule has 0 aromatic heterocycles. The van der Waals surface area contributed by atoms with Crippen LogP contribution >= 0.6 is 0 Å². The molecule has 4 N–H and O–H groups in total. The van der Waals surface area contributed by atoms with Gasteiger partial charge in [-0.2, -0.15) is 0 Å². The third-order valence-corrected chi connectivity index (χ3v) is 5.93. The van der Waals surface area contributed by atoms with Gasteiger partial charge in [-0.25, -0.2) is 17.9 Å². The number of methoxy groups -OCH3 is 1. The zero-order valence-electron chi connectivity index (χ0n) is 17.9. The molecule has 3 aromatic carbocycles. The molecule has 0 unspecified atom stereocenters. The van der Waals surface area contributed by atoms with E-state index in [2.05, 4.69) is 20.7 Å². The van der Waals surface area contributed by atoms with Gasteiger partial charge in [-0.1, -0.05) is 18.2 Å². The van der Waals surface area contributed by atoms with Gasteiger partial charge in [0.15, 0.2) is 0 Å². The lowest BCUT2D eigenvalue weighted by molar-refractivity contribution is 0.102. The molecule has 0 aliphatic rings. The van der Waals surface area contributed by atoms with Crippen molar-refractivity contribution in [1.82, 2.24) is 4.72 Å². The van der Waals surface area contributed by atoms with E-state index in [0.29, 0.717) is 22.6 Å². The van der Waals surface area contributed by atoms with Crippen molar-refractivity contribution >= 4 is 39.0 Å². The Morgan fingerprint density at radius 3 is 1.88 bits per heavy atom. The molecule has 0 heterocycles. The number of rotatable bonds is 9. The Balaban J connectivity index is 1.55.